The topological polar surface area (TPSA) is 50.6 Å². The molecule has 26 heavy (non-hydrogen) atoms. The predicted octanol–water partition coefficient (Wildman–Crippen LogP) is 2.84. The van der Waals surface area contributed by atoms with E-state index in [-0.39, 0.29) is 11.9 Å². The van der Waals surface area contributed by atoms with Gasteiger partial charge >= 0.3 is 0 Å². The summed E-state index contributed by atoms with van der Waals surface area (Å²) in [7, 11) is 1.68. The first-order chi connectivity index (χ1) is 12.6. The van der Waals surface area contributed by atoms with Crippen LogP contribution in [0.5, 0.6) is 5.75 Å². The van der Waals surface area contributed by atoms with Gasteiger partial charge in [-0.1, -0.05) is 30.7 Å². The number of amides is 1. The van der Waals surface area contributed by atoms with Crippen molar-refractivity contribution in [2.75, 3.05) is 33.3 Å². The third kappa shape index (κ3) is 4.37. The number of carbonyl (C=O) groups is 1. The number of ether oxygens (including phenoxy) is 1. The lowest BCUT2D eigenvalue weighted by molar-refractivity contribution is -0.137. The fourth-order valence-corrected chi connectivity index (χ4v) is 3.47. The Labute approximate surface area is 159 Å². The van der Waals surface area contributed by atoms with Crippen LogP contribution in [-0.2, 0) is 11.3 Å². The van der Waals surface area contributed by atoms with E-state index in [1.54, 1.807) is 24.2 Å². The van der Waals surface area contributed by atoms with E-state index in [0.29, 0.717) is 11.4 Å². The number of halogens is 1. The van der Waals surface area contributed by atoms with Crippen molar-refractivity contribution in [1.29, 1.82) is 0 Å². The van der Waals surface area contributed by atoms with Crippen molar-refractivity contribution in [3.63, 3.8) is 0 Å². The number of benzene rings is 1. The van der Waals surface area contributed by atoms with E-state index < -0.39 is 0 Å². The van der Waals surface area contributed by atoms with E-state index in [1.165, 1.54) is 5.56 Å². The highest BCUT2D eigenvalue weighted by molar-refractivity contribution is 6.30. The molecule has 6 nitrogen and oxygen atoms in total. The van der Waals surface area contributed by atoms with Crippen LogP contribution in [0.2, 0.25) is 5.02 Å². The van der Waals surface area contributed by atoms with Crippen LogP contribution in [0.25, 0.3) is 0 Å². The molecule has 0 aliphatic carbocycles. The van der Waals surface area contributed by atoms with Crippen LogP contribution < -0.4 is 4.74 Å². The fourth-order valence-electron chi connectivity index (χ4n) is 3.33. The minimum Gasteiger partial charge on any atom is -0.497 e. The molecule has 0 saturated carbocycles. The van der Waals surface area contributed by atoms with E-state index in [2.05, 4.69) is 22.1 Å². The second-order valence-corrected chi connectivity index (χ2v) is 6.95. The molecule has 1 aromatic heterocycles. The molecule has 140 valence electrons. The molecule has 0 radical (unpaired) electrons. The van der Waals surface area contributed by atoms with Gasteiger partial charge < -0.3 is 9.64 Å². The smallest absolute Gasteiger partial charge is 0.247 e. The summed E-state index contributed by atoms with van der Waals surface area (Å²) >= 11 is 5.95. The van der Waals surface area contributed by atoms with Crippen molar-refractivity contribution >= 4 is 17.5 Å². The molecule has 1 amide bonds. The van der Waals surface area contributed by atoms with Crippen molar-refractivity contribution < 1.29 is 9.53 Å². The van der Waals surface area contributed by atoms with Gasteiger partial charge in [-0.2, -0.15) is 5.10 Å². The lowest BCUT2D eigenvalue weighted by Gasteiger charge is -2.36. The summed E-state index contributed by atoms with van der Waals surface area (Å²) in [5.74, 6) is 0.994. The molecule has 1 aliphatic heterocycles. The number of hydrogen-bond acceptors (Lipinski definition) is 4. The Bertz CT molecular complexity index is 741. The molecular formula is C19H25ClN4O2. The Morgan fingerprint density at radius 3 is 2.69 bits per heavy atom. The Balaban J connectivity index is 1.56. The van der Waals surface area contributed by atoms with Crippen LogP contribution in [0.3, 0.4) is 0 Å². The van der Waals surface area contributed by atoms with Crippen LogP contribution in [0.1, 0.15) is 24.9 Å². The van der Waals surface area contributed by atoms with Crippen LogP contribution in [-0.4, -0.2) is 58.8 Å². The summed E-state index contributed by atoms with van der Waals surface area (Å²) < 4.78 is 6.96. The zero-order valence-electron chi connectivity index (χ0n) is 15.3. The monoisotopic (exact) mass is 376 g/mol. The summed E-state index contributed by atoms with van der Waals surface area (Å²) in [6.07, 6.45) is 3.98. The Kier molecular flexibility index (Phi) is 6.16. The molecule has 2 heterocycles. The molecule has 1 aromatic carbocycles. The fraction of sp³-hybridized carbons (Fsp3) is 0.474. The number of hydrogen-bond donors (Lipinski definition) is 0. The summed E-state index contributed by atoms with van der Waals surface area (Å²) in [5, 5.41) is 4.76. The van der Waals surface area contributed by atoms with Crippen LogP contribution in [0.15, 0.2) is 36.7 Å². The van der Waals surface area contributed by atoms with Crippen molar-refractivity contribution in [2.45, 2.75) is 25.9 Å². The zero-order valence-corrected chi connectivity index (χ0v) is 16.0. The third-order valence-electron chi connectivity index (χ3n) is 4.79. The van der Waals surface area contributed by atoms with Crippen LogP contribution >= 0.6 is 11.6 Å². The normalized spacial score (nSPS) is 16.5. The van der Waals surface area contributed by atoms with Crippen molar-refractivity contribution in [1.82, 2.24) is 19.6 Å². The van der Waals surface area contributed by atoms with E-state index in [1.807, 2.05) is 24.0 Å². The first-order valence-corrected chi connectivity index (χ1v) is 9.32. The average Bonchev–Trinajstić information content (AvgIpc) is 3.09. The van der Waals surface area contributed by atoms with Crippen molar-refractivity contribution in [2.24, 2.45) is 0 Å². The predicted molar refractivity (Wildman–Crippen MR) is 101 cm³/mol. The number of aromatic nitrogens is 2. The molecule has 0 N–H and O–H groups in total. The second-order valence-electron chi connectivity index (χ2n) is 6.52. The Morgan fingerprint density at radius 1 is 1.31 bits per heavy atom. The van der Waals surface area contributed by atoms with Gasteiger partial charge in [0.25, 0.3) is 0 Å². The Hall–Kier alpha value is -2.05. The van der Waals surface area contributed by atoms with E-state index >= 15 is 0 Å². The number of nitrogens with zero attached hydrogens (tertiary/aromatic N) is 4. The van der Waals surface area contributed by atoms with E-state index in [0.717, 1.165) is 38.5 Å². The third-order valence-corrected chi connectivity index (χ3v) is 4.98. The number of piperazine rings is 1. The first-order valence-electron chi connectivity index (χ1n) is 8.94. The van der Waals surface area contributed by atoms with Gasteiger partial charge in [0.15, 0.2) is 0 Å². The van der Waals surface area contributed by atoms with E-state index in [4.69, 9.17) is 16.3 Å². The van der Waals surface area contributed by atoms with Gasteiger partial charge in [0.05, 0.1) is 18.3 Å². The van der Waals surface area contributed by atoms with Crippen molar-refractivity contribution in [3.05, 3.63) is 47.2 Å². The summed E-state index contributed by atoms with van der Waals surface area (Å²) in [4.78, 5) is 17.2. The molecule has 0 spiro atoms. The van der Waals surface area contributed by atoms with Gasteiger partial charge in [0.2, 0.25) is 5.91 Å². The van der Waals surface area contributed by atoms with E-state index in [9.17, 15) is 4.79 Å². The Morgan fingerprint density at radius 2 is 2.08 bits per heavy atom. The highest BCUT2D eigenvalue weighted by Gasteiger charge is 2.28. The van der Waals surface area contributed by atoms with Gasteiger partial charge in [-0.3, -0.25) is 14.4 Å². The molecule has 3 rings (SSSR count). The van der Waals surface area contributed by atoms with Gasteiger partial charge in [-0.15, -0.1) is 0 Å². The molecule has 1 unspecified atom stereocenters. The molecule has 1 saturated heterocycles. The van der Waals surface area contributed by atoms with Gasteiger partial charge in [-0.25, -0.2) is 0 Å². The van der Waals surface area contributed by atoms with Crippen molar-refractivity contribution in [3.8, 4) is 5.75 Å². The number of rotatable bonds is 6. The minimum atomic E-state index is -0.285. The minimum absolute atomic E-state index is 0.119. The SMILES string of the molecule is CCC(C(=O)N1CCN(Cc2cccc(OC)c2)CC1)n1cc(Cl)cn1. The maximum atomic E-state index is 12.9. The summed E-state index contributed by atoms with van der Waals surface area (Å²) in [6, 6.07) is 7.84. The lowest BCUT2D eigenvalue weighted by atomic mass is 10.1. The van der Waals surface area contributed by atoms with Gasteiger partial charge in [0.1, 0.15) is 11.8 Å². The molecule has 2 aromatic rings. The van der Waals surface area contributed by atoms with Gasteiger partial charge in [-0.05, 0) is 24.1 Å². The average molecular weight is 377 g/mol. The van der Waals surface area contributed by atoms with Crippen LogP contribution in [0, 0.1) is 0 Å². The zero-order chi connectivity index (χ0) is 18.5. The number of methoxy groups -OCH3 is 1. The maximum absolute atomic E-state index is 12.9. The molecule has 1 atom stereocenters. The maximum Gasteiger partial charge on any atom is 0.247 e. The summed E-state index contributed by atoms with van der Waals surface area (Å²) in [6.45, 7) is 6.05. The molecular weight excluding hydrogens is 352 g/mol. The summed E-state index contributed by atoms with van der Waals surface area (Å²) in [5.41, 5.74) is 1.22. The lowest BCUT2D eigenvalue weighted by Crippen LogP contribution is -2.50. The standard InChI is InChI=1S/C19H25ClN4O2/c1-3-18(24-14-16(20)12-21-24)19(25)23-9-7-22(8-10-23)13-15-5-4-6-17(11-15)26-2/h4-6,11-12,14,18H,3,7-10,13H2,1-2H3. The molecule has 0 bridgehead atoms. The highest BCUT2D eigenvalue weighted by Crippen LogP contribution is 2.19. The molecule has 1 fully saturated rings. The molecule has 1 aliphatic rings. The second kappa shape index (κ2) is 8.56. The van der Waals surface area contributed by atoms with Crippen LogP contribution in [0.4, 0.5) is 0 Å². The molecule has 7 heteroatoms. The highest BCUT2D eigenvalue weighted by atomic mass is 35.5. The largest absolute Gasteiger partial charge is 0.497 e. The first kappa shape index (κ1) is 18.7. The van der Waals surface area contributed by atoms with Gasteiger partial charge in [0, 0.05) is 38.9 Å². The quantitative estimate of drug-likeness (QED) is 0.777. The number of carbonyl (C=O) groups excluding carboxylic acids is 1.